The van der Waals surface area contributed by atoms with E-state index in [0.29, 0.717) is 18.1 Å². The van der Waals surface area contributed by atoms with Crippen LogP contribution < -0.4 is 5.48 Å². The Morgan fingerprint density at radius 2 is 2.13 bits per heavy atom. The molecule has 1 aromatic heterocycles. The number of aliphatic hydroxyl groups is 1. The van der Waals surface area contributed by atoms with Crippen molar-refractivity contribution in [1.82, 2.24) is 15.4 Å². The molecule has 2 N–H and O–H groups in total. The number of pyridine rings is 1. The van der Waals surface area contributed by atoms with E-state index in [4.69, 9.17) is 21.4 Å². The fraction of sp³-hybridized carbons (Fsp3) is 0.258. The third kappa shape index (κ3) is 8.35. The predicted octanol–water partition coefficient (Wildman–Crippen LogP) is 6.45. The second kappa shape index (κ2) is 13.3. The molecule has 2 aromatic rings. The Hall–Kier alpha value is -3.78. The minimum Gasteiger partial charge on any atom is -0.388 e. The molecule has 1 aromatic carbocycles. The van der Waals surface area contributed by atoms with Gasteiger partial charge >= 0.3 is 0 Å². The first-order valence-electron chi connectivity index (χ1n) is 12.6. The van der Waals surface area contributed by atoms with E-state index >= 15 is 0 Å². The SMILES string of the molecule is C=CN(CC1=Cc2cccnc2C=CC1)/C(=N/C(=C\C)c1ccc(C(=O)NOCC(C)(C)O)c(Cl)c1)C(=C)C. The molecule has 0 fully saturated rings. The van der Waals surface area contributed by atoms with Gasteiger partial charge in [0.1, 0.15) is 12.4 Å². The molecule has 0 bridgehead atoms. The van der Waals surface area contributed by atoms with Gasteiger partial charge in [-0.3, -0.25) is 14.6 Å². The lowest BCUT2D eigenvalue weighted by molar-refractivity contribution is -0.0522. The van der Waals surface area contributed by atoms with Crippen molar-refractivity contribution in [3.05, 3.63) is 107 Å². The van der Waals surface area contributed by atoms with E-state index in [1.54, 1.807) is 44.4 Å². The number of nitrogens with zero attached hydrogens (tertiary/aromatic N) is 3. The zero-order chi connectivity index (χ0) is 28.6. The molecular weight excluding hydrogens is 512 g/mol. The topological polar surface area (TPSA) is 87.1 Å². The van der Waals surface area contributed by atoms with E-state index in [9.17, 15) is 9.90 Å². The lowest BCUT2D eigenvalue weighted by Gasteiger charge is -2.24. The van der Waals surface area contributed by atoms with E-state index in [2.05, 4.69) is 41.8 Å². The van der Waals surface area contributed by atoms with Crippen LogP contribution in [0.4, 0.5) is 0 Å². The van der Waals surface area contributed by atoms with E-state index in [1.807, 2.05) is 37.0 Å². The summed E-state index contributed by atoms with van der Waals surface area (Å²) in [5, 5.41) is 9.99. The summed E-state index contributed by atoms with van der Waals surface area (Å²) in [6.45, 7) is 15.6. The number of hydrogen-bond acceptors (Lipinski definition) is 5. The molecule has 1 aliphatic carbocycles. The summed E-state index contributed by atoms with van der Waals surface area (Å²) in [5.74, 6) is 0.154. The average molecular weight is 547 g/mol. The Balaban J connectivity index is 1.84. The quantitative estimate of drug-likeness (QED) is 0.203. The van der Waals surface area contributed by atoms with Crippen molar-refractivity contribution in [3.8, 4) is 0 Å². The van der Waals surface area contributed by atoms with Gasteiger partial charge in [0.05, 0.1) is 27.6 Å². The molecule has 0 saturated heterocycles. The highest BCUT2D eigenvalue weighted by Gasteiger charge is 2.18. The molecular formula is C31H35ClN4O3. The molecule has 1 heterocycles. The molecule has 0 spiro atoms. The van der Waals surface area contributed by atoms with Crippen molar-refractivity contribution in [2.45, 2.75) is 39.7 Å². The zero-order valence-electron chi connectivity index (χ0n) is 22.9. The summed E-state index contributed by atoms with van der Waals surface area (Å²) >= 11 is 6.46. The van der Waals surface area contributed by atoms with Crippen LogP contribution in [0.1, 0.15) is 61.3 Å². The molecule has 0 atom stereocenters. The second-order valence-electron chi connectivity index (χ2n) is 9.81. The van der Waals surface area contributed by atoms with Gasteiger partial charge in [0.15, 0.2) is 0 Å². The van der Waals surface area contributed by atoms with Gasteiger partial charge in [-0.05, 0) is 75.7 Å². The molecule has 1 aliphatic rings. The van der Waals surface area contributed by atoms with Crippen LogP contribution in [-0.4, -0.2) is 45.5 Å². The van der Waals surface area contributed by atoms with E-state index in [-0.39, 0.29) is 17.2 Å². The first-order chi connectivity index (χ1) is 18.5. The number of carbonyl (C=O) groups is 1. The van der Waals surface area contributed by atoms with Gasteiger partial charge in [-0.15, -0.1) is 0 Å². The lowest BCUT2D eigenvalue weighted by atomic mass is 10.1. The molecule has 7 nitrogen and oxygen atoms in total. The summed E-state index contributed by atoms with van der Waals surface area (Å²) in [5.41, 5.74) is 6.83. The second-order valence-corrected chi connectivity index (χ2v) is 10.2. The highest BCUT2D eigenvalue weighted by atomic mass is 35.5. The number of aliphatic imine (C=N–C) groups is 1. The number of hydroxylamine groups is 1. The van der Waals surface area contributed by atoms with E-state index < -0.39 is 11.5 Å². The maximum atomic E-state index is 12.5. The van der Waals surface area contributed by atoms with Crippen molar-refractivity contribution in [1.29, 1.82) is 0 Å². The minimum absolute atomic E-state index is 0.0635. The number of nitrogens with one attached hydrogen (secondary N) is 1. The number of allylic oxidation sites excluding steroid dienone is 2. The van der Waals surface area contributed by atoms with E-state index in [0.717, 1.165) is 28.8 Å². The molecule has 0 saturated carbocycles. The lowest BCUT2D eigenvalue weighted by Crippen LogP contribution is -2.33. The number of rotatable bonds is 10. The fourth-order valence-corrected chi connectivity index (χ4v) is 4.12. The minimum atomic E-state index is -1.08. The number of amides is 1. The average Bonchev–Trinajstić information content (AvgIpc) is 3.09. The highest BCUT2D eigenvalue weighted by molar-refractivity contribution is 6.34. The molecule has 1 amide bonds. The summed E-state index contributed by atoms with van der Waals surface area (Å²) in [7, 11) is 0. The van der Waals surface area contributed by atoms with Gasteiger partial charge in [0, 0.05) is 23.9 Å². The van der Waals surface area contributed by atoms with Crippen LogP contribution in [-0.2, 0) is 4.84 Å². The van der Waals surface area contributed by atoms with Crippen molar-refractivity contribution < 1.29 is 14.7 Å². The summed E-state index contributed by atoms with van der Waals surface area (Å²) < 4.78 is 0. The van der Waals surface area contributed by atoms with Crippen LogP contribution in [0.5, 0.6) is 0 Å². The number of hydrogen-bond donors (Lipinski definition) is 2. The fourth-order valence-electron chi connectivity index (χ4n) is 3.85. The van der Waals surface area contributed by atoms with Gasteiger partial charge in [-0.2, -0.15) is 0 Å². The molecule has 204 valence electrons. The third-order valence-electron chi connectivity index (χ3n) is 5.73. The van der Waals surface area contributed by atoms with Gasteiger partial charge in [0.25, 0.3) is 5.91 Å². The van der Waals surface area contributed by atoms with Gasteiger partial charge < -0.3 is 10.0 Å². The summed E-state index contributed by atoms with van der Waals surface area (Å²) in [6, 6.07) is 9.04. The normalized spacial score (nSPS) is 13.7. The first kappa shape index (κ1) is 29.8. The summed E-state index contributed by atoms with van der Waals surface area (Å²) in [4.78, 5) is 28.9. The Morgan fingerprint density at radius 3 is 2.77 bits per heavy atom. The largest absolute Gasteiger partial charge is 0.388 e. The molecule has 39 heavy (non-hydrogen) atoms. The van der Waals surface area contributed by atoms with Crippen molar-refractivity contribution in [3.63, 3.8) is 0 Å². The Labute approximate surface area is 235 Å². The maximum absolute atomic E-state index is 12.5. The van der Waals surface area contributed by atoms with Crippen molar-refractivity contribution >= 4 is 41.2 Å². The zero-order valence-corrected chi connectivity index (χ0v) is 23.6. The van der Waals surface area contributed by atoms with Crippen LogP contribution in [0, 0.1) is 0 Å². The highest BCUT2D eigenvalue weighted by Crippen LogP contribution is 2.26. The van der Waals surface area contributed by atoms with E-state index in [1.165, 1.54) is 5.57 Å². The molecule has 0 radical (unpaired) electrons. The summed E-state index contributed by atoms with van der Waals surface area (Å²) in [6.07, 6.45) is 12.5. The molecule has 8 heteroatoms. The Kier molecular flexibility index (Phi) is 10.2. The van der Waals surface area contributed by atoms with Crippen molar-refractivity contribution in [2.24, 2.45) is 4.99 Å². The maximum Gasteiger partial charge on any atom is 0.276 e. The Bertz CT molecular complexity index is 1370. The number of aromatic nitrogens is 1. The number of halogens is 1. The monoisotopic (exact) mass is 546 g/mol. The first-order valence-corrected chi connectivity index (χ1v) is 13.0. The number of carbonyl (C=O) groups excluding carboxylic acids is 1. The van der Waals surface area contributed by atoms with Crippen LogP contribution >= 0.6 is 11.6 Å². The van der Waals surface area contributed by atoms with Gasteiger partial charge in [-0.1, -0.05) is 55.1 Å². The Morgan fingerprint density at radius 1 is 1.36 bits per heavy atom. The van der Waals surface area contributed by atoms with Crippen LogP contribution in [0.3, 0.4) is 0 Å². The number of benzene rings is 1. The molecule has 3 rings (SSSR count). The molecule has 0 aliphatic heterocycles. The predicted molar refractivity (Wildman–Crippen MR) is 160 cm³/mol. The van der Waals surface area contributed by atoms with Gasteiger partial charge in [0.2, 0.25) is 0 Å². The van der Waals surface area contributed by atoms with Crippen LogP contribution in [0.2, 0.25) is 5.02 Å². The number of amidine groups is 1. The smallest absolute Gasteiger partial charge is 0.276 e. The third-order valence-corrected chi connectivity index (χ3v) is 6.05. The van der Waals surface area contributed by atoms with Crippen molar-refractivity contribution in [2.75, 3.05) is 13.2 Å². The van der Waals surface area contributed by atoms with Gasteiger partial charge in [-0.25, -0.2) is 10.5 Å². The van der Waals surface area contributed by atoms with Crippen LogP contribution in [0.25, 0.3) is 17.8 Å². The van der Waals surface area contributed by atoms with Crippen LogP contribution in [0.15, 0.2) is 84.2 Å². The standard InChI is InChI=1S/C31H35ClN4O3/c1-7-27(24-14-15-25(26(32)18-24)30(37)35-39-20-31(5,6)38)34-29(21(3)4)36(8-2)19-22-11-9-13-28-23(17-22)12-10-16-33-28/h7-10,12-18,38H,2-3,11,19-20H2,1,4-6H3,(H,35,37)/b27-7-,34-29+. The molecule has 0 unspecified atom stereocenters. The number of fused-ring (bicyclic) bond motifs is 1.